The molecule has 1 rings (SSSR count). The van der Waals surface area contributed by atoms with Crippen LogP contribution in [-0.4, -0.2) is 41.3 Å². The summed E-state index contributed by atoms with van der Waals surface area (Å²) in [7, 11) is 4.13. The molecule has 1 aromatic heterocycles. The summed E-state index contributed by atoms with van der Waals surface area (Å²) in [5.74, 6) is 1.64. The maximum atomic E-state index is 5.79. The summed E-state index contributed by atoms with van der Waals surface area (Å²) >= 11 is 1.74. The average Bonchev–Trinajstić information content (AvgIpc) is 2.17. The molecule has 2 N–H and O–H groups in total. The van der Waals surface area contributed by atoms with Crippen LogP contribution in [0.4, 0.5) is 5.82 Å². The van der Waals surface area contributed by atoms with Crippen LogP contribution in [-0.2, 0) is 6.42 Å². The van der Waals surface area contributed by atoms with Crippen LogP contribution in [0.15, 0.2) is 11.4 Å². The highest BCUT2D eigenvalue weighted by Gasteiger charge is 2.07. The van der Waals surface area contributed by atoms with E-state index in [-0.39, 0.29) is 0 Å². The quantitative estimate of drug-likeness (QED) is 0.605. The van der Waals surface area contributed by atoms with E-state index in [0.717, 1.165) is 29.3 Å². The monoisotopic (exact) mass is 226 g/mol. The molecule has 0 saturated carbocycles. The van der Waals surface area contributed by atoms with Crippen molar-refractivity contribution in [1.29, 1.82) is 0 Å². The molecule has 5 heteroatoms. The number of nitrogens with two attached hydrogens (primary N) is 1. The summed E-state index contributed by atoms with van der Waals surface area (Å²) in [4.78, 5) is 10.4. The second-order valence-electron chi connectivity index (χ2n) is 3.55. The van der Waals surface area contributed by atoms with Gasteiger partial charge in [0.05, 0.1) is 0 Å². The molecule has 0 aliphatic heterocycles. The largest absolute Gasteiger partial charge is 0.383 e. The first-order valence-corrected chi connectivity index (χ1v) is 6.00. The van der Waals surface area contributed by atoms with Crippen LogP contribution >= 0.6 is 11.8 Å². The molecule has 15 heavy (non-hydrogen) atoms. The molecule has 0 radical (unpaired) electrons. The van der Waals surface area contributed by atoms with Crippen LogP contribution in [0, 0.1) is 0 Å². The molecule has 0 bridgehead atoms. The van der Waals surface area contributed by atoms with Gasteiger partial charge in [-0.1, -0.05) is 6.92 Å². The van der Waals surface area contributed by atoms with Gasteiger partial charge in [0.1, 0.15) is 17.2 Å². The first kappa shape index (κ1) is 12.3. The van der Waals surface area contributed by atoms with E-state index >= 15 is 0 Å². The number of nitrogen functional groups attached to an aromatic ring is 1. The smallest absolute Gasteiger partial charge is 0.131 e. The minimum absolute atomic E-state index is 0.611. The van der Waals surface area contributed by atoms with Crippen LogP contribution in [0.5, 0.6) is 0 Å². The van der Waals surface area contributed by atoms with Crippen LogP contribution in [0.1, 0.15) is 12.5 Å². The van der Waals surface area contributed by atoms with Crippen LogP contribution < -0.4 is 5.73 Å². The van der Waals surface area contributed by atoms with E-state index in [9.17, 15) is 0 Å². The predicted octanol–water partition coefficient (Wildman–Crippen LogP) is 1.27. The first-order valence-electron chi connectivity index (χ1n) is 5.02. The molecule has 0 saturated heterocycles. The Kier molecular flexibility index (Phi) is 4.84. The molecular weight excluding hydrogens is 208 g/mol. The van der Waals surface area contributed by atoms with E-state index in [1.54, 1.807) is 11.8 Å². The van der Waals surface area contributed by atoms with Gasteiger partial charge in [0.2, 0.25) is 0 Å². The highest BCUT2D eigenvalue weighted by molar-refractivity contribution is 7.99. The highest BCUT2D eigenvalue weighted by Crippen LogP contribution is 2.23. The lowest BCUT2D eigenvalue weighted by Gasteiger charge is -2.10. The third-order valence-corrected chi connectivity index (χ3v) is 3.08. The Balaban J connectivity index is 2.64. The molecule has 0 unspecified atom stereocenters. The van der Waals surface area contributed by atoms with Gasteiger partial charge in [-0.2, -0.15) is 0 Å². The van der Waals surface area contributed by atoms with Crippen molar-refractivity contribution in [3.8, 4) is 0 Å². The summed E-state index contributed by atoms with van der Waals surface area (Å²) in [5, 5.41) is 1.02. The Labute approximate surface area is 95.3 Å². The Morgan fingerprint density at radius 1 is 1.40 bits per heavy atom. The van der Waals surface area contributed by atoms with Crippen molar-refractivity contribution in [2.75, 3.05) is 32.1 Å². The van der Waals surface area contributed by atoms with E-state index in [0.29, 0.717) is 5.82 Å². The minimum atomic E-state index is 0.611. The standard InChI is InChI=1S/C10H18N4S/c1-4-8-9(11)12-7-13-10(8)15-6-5-14(2)3/h7H,4-6H2,1-3H3,(H2,11,12,13). The zero-order valence-corrected chi connectivity index (χ0v) is 10.3. The molecule has 4 nitrogen and oxygen atoms in total. The van der Waals surface area contributed by atoms with Crippen molar-refractivity contribution in [2.24, 2.45) is 0 Å². The zero-order valence-electron chi connectivity index (χ0n) is 9.53. The van der Waals surface area contributed by atoms with Crippen molar-refractivity contribution < 1.29 is 0 Å². The summed E-state index contributed by atoms with van der Waals surface area (Å²) < 4.78 is 0. The second-order valence-corrected chi connectivity index (χ2v) is 4.63. The van der Waals surface area contributed by atoms with Crippen LogP contribution in [0.2, 0.25) is 0 Å². The lowest BCUT2D eigenvalue weighted by atomic mass is 10.2. The lowest BCUT2D eigenvalue weighted by Crippen LogP contribution is -2.15. The zero-order chi connectivity index (χ0) is 11.3. The SMILES string of the molecule is CCc1c(N)ncnc1SCCN(C)C. The summed E-state index contributed by atoms with van der Waals surface area (Å²) in [6.07, 6.45) is 2.42. The Hall–Kier alpha value is -0.810. The number of hydrogen-bond donors (Lipinski definition) is 1. The van der Waals surface area contributed by atoms with Crippen molar-refractivity contribution in [3.05, 3.63) is 11.9 Å². The first-order chi connectivity index (χ1) is 7.15. The topological polar surface area (TPSA) is 55.0 Å². The molecule has 0 atom stereocenters. The fraction of sp³-hybridized carbons (Fsp3) is 0.600. The summed E-state index contributed by atoms with van der Waals surface area (Å²) in [5.41, 5.74) is 6.86. The summed E-state index contributed by atoms with van der Waals surface area (Å²) in [6, 6.07) is 0. The molecule has 0 aromatic carbocycles. The lowest BCUT2D eigenvalue weighted by molar-refractivity contribution is 0.437. The molecule has 0 aliphatic rings. The van der Waals surface area contributed by atoms with Gasteiger partial charge in [0.15, 0.2) is 0 Å². The number of anilines is 1. The highest BCUT2D eigenvalue weighted by atomic mass is 32.2. The van der Waals surface area contributed by atoms with E-state index in [1.165, 1.54) is 6.33 Å². The third-order valence-electron chi connectivity index (χ3n) is 2.07. The number of hydrogen-bond acceptors (Lipinski definition) is 5. The number of nitrogens with zero attached hydrogens (tertiary/aromatic N) is 3. The van der Waals surface area contributed by atoms with Gasteiger partial charge in [-0.25, -0.2) is 9.97 Å². The molecule has 0 fully saturated rings. The fourth-order valence-electron chi connectivity index (χ4n) is 1.19. The van der Waals surface area contributed by atoms with Crippen LogP contribution in [0.3, 0.4) is 0 Å². The fourth-order valence-corrected chi connectivity index (χ4v) is 2.39. The van der Waals surface area contributed by atoms with Gasteiger partial charge < -0.3 is 10.6 Å². The molecule has 0 spiro atoms. The third kappa shape index (κ3) is 3.68. The van der Waals surface area contributed by atoms with Crippen LogP contribution in [0.25, 0.3) is 0 Å². The Morgan fingerprint density at radius 2 is 2.13 bits per heavy atom. The van der Waals surface area contributed by atoms with Gasteiger partial charge in [-0.05, 0) is 20.5 Å². The molecule has 1 aromatic rings. The van der Waals surface area contributed by atoms with Crippen molar-refractivity contribution in [3.63, 3.8) is 0 Å². The Bertz CT molecular complexity index is 314. The summed E-state index contributed by atoms with van der Waals surface area (Å²) in [6.45, 7) is 3.11. The van der Waals surface area contributed by atoms with Crippen molar-refractivity contribution in [2.45, 2.75) is 18.4 Å². The average molecular weight is 226 g/mol. The molecular formula is C10H18N4S. The van der Waals surface area contributed by atoms with Crippen molar-refractivity contribution >= 4 is 17.6 Å². The number of rotatable bonds is 5. The van der Waals surface area contributed by atoms with Gasteiger partial charge in [-0.15, -0.1) is 11.8 Å². The molecule has 0 amide bonds. The number of thioether (sulfide) groups is 1. The Morgan fingerprint density at radius 3 is 2.73 bits per heavy atom. The predicted molar refractivity (Wildman–Crippen MR) is 65.1 cm³/mol. The van der Waals surface area contributed by atoms with E-state index in [2.05, 4.69) is 35.9 Å². The molecule has 0 aliphatic carbocycles. The van der Waals surface area contributed by atoms with Crippen molar-refractivity contribution in [1.82, 2.24) is 14.9 Å². The maximum Gasteiger partial charge on any atom is 0.131 e. The van der Waals surface area contributed by atoms with E-state index < -0.39 is 0 Å². The van der Waals surface area contributed by atoms with Gasteiger partial charge >= 0.3 is 0 Å². The van der Waals surface area contributed by atoms with Gasteiger partial charge in [-0.3, -0.25) is 0 Å². The second kappa shape index (κ2) is 5.92. The normalized spacial score (nSPS) is 10.9. The molecule has 84 valence electrons. The molecule has 1 heterocycles. The van der Waals surface area contributed by atoms with E-state index in [1.807, 2.05) is 0 Å². The van der Waals surface area contributed by atoms with Gasteiger partial charge in [0, 0.05) is 17.9 Å². The minimum Gasteiger partial charge on any atom is -0.383 e. The maximum absolute atomic E-state index is 5.79. The number of aromatic nitrogens is 2. The van der Waals surface area contributed by atoms with E-state index in [4.69, 9.17) is 5.73 Å². The van der Waals surface area contributed by atoms with Gasteiger partial charge in [0.25, 0.3) is 0 Å².